The predicted octanol–water partition coefficient (Wildman–Crippen LogP) is 2.10. The SMILES string of the molecule is O=C(CC(=O)Nc1ccc2c(c1)OCO2)NCCc1ccccc1. The molecule has 0 saturated carbocycles. The van der Waals surface area contributed by atoms with Crippen molar-refractivity contribution in [2.24, 2.45) is 0 Å². The zero-order valence-corrected chi connectivity index (χ0v) is 13.1. The monoisotopic (exact) mass is 326 g/mol. The number of rotatable bonds is 6. The third kappa shape index (κ3) is 4.25. The summed E-state index contributed by atoms with van der Waals surface area (Å²) < 4.78 is 10.4. The van der Waals surface area contributed by atoms with E-state index in [-0.39, 0.29) is 25.0 Å². The van der Waals surface area contributed by atoms with Crippen LogP contribution in [0, 0.1) is 0 Å². The molecule has 6 nitrogen and oxygen atoms in total. The highest BCUT2D eigenvalue weighted by Crippen LogP contribution is 2.34. The summed E-state index contributed by atoms with van der Waals surface area (Å²) in [5.74, 6) is 0.557. The Morgan fingerprint density at radius 3 is 2.58 bits per heavy atom. The molecule has 0 fully saturated rings. The van der Waals surface area contributed by atoms with Crippen molar-refractivity contribution in [3.63, 3.8) is 0 Å². The standard InChI is InChI=1S/C18H18N2O4/c21-17(19-9-8-13-4-2-1-3-5-13)11-18(22)20-14-6-7-15-16(10-14)24-12-23-15/h1-7,10H,8-9,11-12H2,(H,19,21)(H,20,22). The summed E-state index contributed by atoms with van der Waals surface area (Å²) in [6.07, 6.45) is 0.513. The molecule has 0 spiro atoms. The Hall–Kier alpha value is -3.02. The lowest BCUT2D eigenvalue weighted by atomic mass is 10.1. The van der Waals surface area contributed by atoms with Crippen LogP contribution in [0.3, 0.4) is 0 Å². The molecule has 0 radical (unpaired) electrons. The summed E-state index contributed by atoms with van der Waals surface area (Å²) >= 11 is 0. The van der Waals surface area contributed by atoms with Crippen LogP contribution in [0.25, 0.3) is 0 Å². The molecule has 3 rings (SSSR count). The van der Waals surface area contributed by atoms with E-state index in [1.54, 1.807) is 18.2 Å². The molecule has 2 N–H and O–H groups in total. The molecule has 2 aromatic rings. The molecular weight excluding hydrogens is 308 g/mol. The number of benzene rings is 2. The van der Waals surface area contributed by atoms with Crippen molar-refractivity contribution in [2.75, 3.05) is 18.7 Å². The molecule has 124 valence electrons. The molecule has 0 saturated heterocycles. The van der Waals surface area contributed by atoms with Crippen LogP contribution in [0.15, 0.2) is 48.5 Å². The Kier molecular flexibility index (Phi) is 4.96. The fraction of sp³-hybridized carbons (Fsp3) is 0.222. The summed E-state index contributed by atoms with van der Waals surface area (Å²) in [5, 5.41) is 5.42. The van der Waals surface area contributed by atoms with Gasteiger partial charge in [-0.25, -0.2) is 0 Å². The predicted molar refractivity (Wildman–Crippen MR) is 89.0 cm³/mol. The Morgan fingerprint density at radius 2 is 1.75 bits per heavy atom. The highest BCUT2D eigenvalue weighted by molar-refractivity contribution is 6.03. The molecule has 0 atom stereocenters. The molecule has 0 unspecified atom stereocenters. The summed E-state index contributed by atoms with van der Waals surface area (Å²) in [7, 11) is 0. The van der Waals surface area contributed by atoms with Crippen LogP contribution in [0.2, 0.25) is 0 Å². The smallest absolute Gasteiger partial charge is 0.233 e. The van der Waals surface area contributed by atoms with Gasteiger partial charge in [-0.05, 0) is 24.1 Å². The van der Waals surface area contributed by atoms with Gasteiger partial charge in [-0.2, -0.15) is 0 Å². The zero-order valence-electron chi connectivity index (χ0n) is 13.1. The third-order valence-corrected chi connectivity index (χ3v) is 3.56. The molecule has 1 aliphatic rings. The van der Waals surface area contributed by atoms with Gasteiger partial charge in [0.05, 0.1) is 0 Å². The second kappa shape index (κ2) is 7.50. The van der Waals surface area contributed by atoms with Gasteiger partial charge in [0, 0.05) is 18.3 Å². The molecule has 0 aromatic heterocycles. The van der Waals surface area contributed by atoms with E-state index in [2.05, 4.69) is 10.6 Å². The van der Waals surface area contributed by atoms with Crippen molar-refractivity contribution in [1.29, 1.82) is 0 Å². The van der Waals surface area contributed by atoms with Gasteiger partial charge in [0.15, 0.2) is 11.5 Å². The first-order valence-electron chi connectivity index (χ1n) is 7.71. The van der Waals surface area contributed by atoms with Crippen molar-refractivity contribution in [2.45, 2.75) is 12.8 Å². The lowest BCUT2D eigenvalue weighted by molar-refractivity contribution is -0.126. The van der Waals surface area contributed by atoms with Crippen LogP contribution in [0.1, 0.15) is 12.0 Å². The third-order valence-electron chi connectivity index (χ3n) is 3.56. The van der Waals surface area contributed by atoms with Crippen molar-refractivity contribution < 1.29 is 19.1 Å². The first-order valence-corrected chi connectivity index (χ1v) is 7.71. The molecule has 24 heavy (non-hydrogen) atoms. The largest absolute Gasteiger partial charge is 0.454 e. The van der Waals surface area contributed by atoms with Crippen LogP contribution < -0.4 is 20.1 Å². The number of amides is 2. The van der Waals surface area contributed by atoms with E-state index in [4.69, 9.17) is 9.47 Å². The minimum atomic E-state index is -0.369. The maximum absolute atomic E-state index is 11.9. The number of hydrogen-bond donors (Lipinski definition) is 2. The summed E-state index contributed by atoms with van der Waals surface area (Å²) in [6, 6.07) is 15.0. The van der Waals surface area contributed by atoms with Crippen LogP contribution in [0.4, 0.5) is 5.69 Å². The van der Waals surface area contributed by atoms with E-state index < -0.39 is 0 Å². The van der Waals surface area contributed by atoms with E-state index in [9.17, 15) is 9.59 Å². The minimum absolute atomic E-state index is 0.177. The van der Waals surface area contributed by atoms with E-state index in [1.807, 2.05) is 30.3 Å². The lowest BCUT2D eigenvalue weighted by Crippen LogP contribution is -2.29. The zero-order chi connectivity index (χ0) is 16.8. The summed E-state index contributed by atoms with van der Waals surface area (Å²) in [6.45, 7) is 0.677. The van der Waals surface area contributed by atoms with E-state index in [0.29, 0.717) is 23.7 Å². The summed E-state index contributed by atoms with van der Waals surface area (Å²) in [5.41, 5.74) is 1.71. The molecule has 6 heteroatoms. The maximum atomic E-state index is 11.9. The van der Waals surface area contributed by atoms with Gasteiger partial charge < -0.3 is 20.1 Å². The second-order valence-electron chi connectivity index (χ2n) is 5.38. The topological polar surface area (TPSA) is 76.7 Å². The Bertz CT molecular complexity index is 731. The number of carbonyl (C=O) groups is 2. The van der Waals surface area contributed by atoms with Gasteiger partial charge in [-0.15, -0.1) is 0 Å². The molecule has 0 bridgehead atoms. The average Bonchev–Trinajstić information content (AvgIpc) is 3.03. The van der Waals surface area contributed by atoms with Crippen LogP contribution in [-0.4, -0.2) is 25.2 Å². The second-order valence-corrected chi connectivity index (χ2v) is 5.38. The quantitative estimate of drug-likeness (QED) is 0.797. The molecule has 2 amide bonds. The van der Waals surface area contributed by atoms with Gasteiger partial charge in [0.25, 0.3) is 0 Å². The van der Waals surface area contributed by atoms with Crippen LogP contribution >= 0.6 is 0 Å². The number of anilines is 1. The molecule has 0 aliphatic carbocycles. The molecule has 2 aromatic carbocycles. The van der Waals surface area contributed by atoms with E-state index in [0.717, 1.165) is 12.0 Å². The highest BCUT2D eigenvalue weighted by atomic mass is 16.7. The Balaban J connectivity index is 1.42. The van der Waals surface area contributed by atoms with Gasteiger partial charge in [-0.3, -0.25) is 9.59 Å². The van der Waals surface area contributed by atoms with Gasteiger partial charge in [0.1, 0.15) is 6.42 Å². The minimum Gasteiger partial charge on any atom is -0.454 e. The van der Waals surface area contributed by atoms with Gasteiger partial charge in [0.2, 0.25) is 18.6 Å². The summed E-state index contributed by atoms with van der Waals surface area (Å²) in [4.78, 5) is 23.7. The normalized spacial score (nSPS) is 11.8. The molecular formula is C18H18N2O4. The number of hydrogen-bond acceptors (Lipinski definition) is 4. The fourth-order valence-corrected chi connectivity index (χ4v) is 2.38. The highest BCUT2D eigenvalue weighted by Gasteiger charge is 2.15. The molecule has 1 heterocycles. The van der Waals surface area contributed by atoms with Crippen molar-refractivity contribution in [3.05, 3.63) is 54.1 Å². The average molecular weight is 326 g/mol. The number of fused-ring (bicyclic) bond motifs is 1. The number of ether oxygens (including phenoxy) is 2. The first kappa shape index (κ1) is 15.9. The Labute approximate surface area is 139 Å². The van der Waals surface area contributed by atoms with Crippen molar-refractivity contribution in [1.82, 2.24) is 5.32 Å². The van der Waals surface area contributed by atoms with Crippen molar-refractivity contribution in [3.8, 4) is 11.5 Å². The fourth-order valence-electron chi connectivity index (χ4n) is 2.38. The number of carbonyl (C=O) groups excluding carboxylic acids is 2. The van der Waals surface area contributed by atoms with E-state index in [1.165, 1.54) is 0 Å². The van der Waals surface area contributed by atoms with Crippen LogP contribution in [-0.2, 0) is 16.0 Å². The van der Waals surface area contributed by atoms with Gasteiger partial charge >= 0.3 is 0 Å². The Morgan fingerprint density at radius 1 is 0.958 bits per heavy atom. The lowest BCUT2D eigenvalue weighted by Gasteiger charge is -2.07. The molecule has 1 aliphatic heterocycles. The first-order chi connectivity index (χ1) is 11.7. The maximum Gasteiger partial charge on any atom is 0.233 e. The number of nitrogens with one attached hydrogen (secondary N) is 2. The van der Waals surface area contributed by atoms with Crippen LogP contribution in [0.5, 0.6) is 11.5 Å². The van der Waals surface area contributed by atoms with E-state index >= 15 is 0 Å². The van der Waals surface area contributed by atoms with Gasteiger partial charge in [-0.1, -0.05) is 30.3 Å². The van der Waals surface area contributed by atoms with Crippen molar-refractivity contribution >= 4 is 17.5 Å².